The van der Waals surface area contributed by atoms with Crippen molar-refractivity contribution in [1.82, 2.24) is 4.98 Å². The van der Waals surface area contributed by atoms with Crippen molar-refractivity contribution in [2.24, 2.45) is 5.41 Å². The Hall–Kier alpha value is -1.42. The van der Waals surface area contributed by atoms with E-state index < -0.39 is 5.41 Å². The van der Waals surface area contributed by atoms with Gasteiger partial charge in [0.15, 0.2) is 0 Å². The number of aryl methyl sites for hydroxylation is 1. The van der Waals surface area contributed by atoms with Crippen LogP contribution in [0.1, 0.15) is 32.8 Å². The van der Waals surface area contributed by atoms with E-state index in [4.69, 9.17) is 5.11 Å². The Labute approximate surface area is 102 Å². The Morgan fingerprint density at radius 2 is 2.18 bits per heavy atom. The van der Waals surface area contributed by atoms with Gasteiger partial charge in [0.05, 0.1) is 0 Å². The first kappa shape index (κ1) is 13.6. The average Bonchev–Trinajstić information content (AvgIpc) is 2.26. The van der Waals surface area contributed by atoms with Gasteiger partial charge in [0, 0.05) is 18.2 Å². The van der Waals surface area contributed by atoms with Gasteiger partial charge in [-0.3, -0.25) is 4.79 Å². The van der Waals surface area contributed by atoms with Gasteiger partial charge in [-0.05, 0) is 24.5 Å². The van der Waals surface area contributed by atoms with E-state index in [0.29, 0.717) is 18.7 Å². The molecule has 1 amide bonds. The van der Waals surface area contributed by atoms with Crippen LogP contribution in [0.2, 0.25) is 0 Å². The van der Waals surface area contributed by atoms with Crippen LogP contribution in [0.3, 0.4) is 0 Å². The first-order valence-electron chi connectivity index (χ1n) is 5.81. The Bertz CT molecular complexity index is 383. The van der Waals surface area contributed by atoms with Crippen LogP contribution in [0.4, 0.5) is 5.82 Å². The smallest absolute Gasteiger partial charge is 0.230 e. The average molecular weight is 236 g/mol. The van der Waals surface area contributed by atoms with E-state index in [1.54, 1.807) is 6.20 Å². The lowest BCUT2D eigenvalue weighted by Crippen LogP contribution is -2.28. The van der Waals surface area contributed by atoms with Gasteiger partial charge in [-0.15, -0.1) is 0 Å². The monoisotopic (exact) mass is 236 g/mol. The molecule has 1 aromatic heterocycles. The molecule has 0 aliphatic rings. The molecule has 0 aromatic carbocycles. The lowest BCUT2D eigenvalue weighted by Gasteiger charge is -2.18. The lowest BCUT2D eigenvalue weighted by molar-refractivity contribution is -0.123. The van der Waals surface area contributed by atoms with Crippen molar-refractivity contribution in [3.8, 4) is 0 Å². The van der Waals surface area contributed by atoms with Gasteiger partial charge in [0.2, 0.25) is 5.91 Å². The number of aliphatic hydroxyl groups is 1. The van der Waals surface area contributed by atoms with Crippen molar-refractivity contribution < 1.29 is 9.90 Å². The summed E-state index contributed by atoms with van der Waals surface area (Å²) in [6.07, 6.45) is 3.04. The van der Waals surface area contributed by atoms with E-state index in [2.05, 4.69) is 10.3 Å². The first-order chi connectivity index (χ1) is 7.95. The summed E-state index contributed by atoms with van der Waals surface area (Å²) in [7, 11) is 0. The van der Waals surface area contributed by atoms with Crippen molar-refractivity contribution in [2.45, 2.75) is 33.6 Å². The molecular formula is C13H20N2O2. The van der Waals surface area contributed by atoms with Crippen LogP contribution in [0.15, 0.2) is 18.3 Å². The summed E-state index contributed by atoms with van der Waals surface area (Å²) in [4.78, 5) is 16.0. The van der Waals surface area contributed by atoms with Crippen LogP contribution in [-0.2, 0) is 11.2 Å². The third-order valence-corrected chi connectivity index (χ3v) is 2.41. The van der Waals surface area contributed by atoms with Crippen molar-refractivity contribution in [1.29, 1.82) is 0 Å². The number of nitrogens with zero attached hydrogens (tertiary/aromatic N) is 1. The zero-order valence-electron chi connectivity index (χ0n) is 10.7. The van der Waals surface area contributed by atoms with Crippen LogP contribution in [0, 0.1) is 5.41 Å². The van der Waals surface area contributed by atoms with Crippen LogP contribution < -0.4 is 5.32 Å². The molecule has 4 heteroatoms. The summed E-state index contributed by atoms with van der Waals surface area (Å²) in [5.41, 5.74) is 0.519. The molecule has 1 rings (SSSR count). The number of nitrogens with one attached hydrogen (secondary N) is 1. The van der Waals surface area contributed by atoms with Gasteiger partial charge >= 0.3 is 0 Å². The molecule has 0 aliphatic carbocycles. The number of pyridine rings is 1. The summed E-state index contributed by atoms with van der Waals surface area (Å²) >= 11 is 0. The van der Waals surface area contributed by atoms with E-state index in [9.17, 15) is 4.79 Å². The number of aliphatic hydroxyl groups excluding tert-OH is 1. The molecule has 0 atom stereocenters. The molecule has 0 unspecified atom stereocenters. The highest BCUT2D eigenvalue weighted by molar-refractivity contribution is 5.94. The highest BCUT2D eigenvalue weighted by atomic mass is 16.2. The highest BCUT2D eigenvalue weighted by Crippen LogP contribution is 2.19. The minimum atomic E-state index is -0.439. The molecule has 2 N–H and O–H groups in total. The maximum atomic E-state index is 11.9. The van der Waals surface area contributed by atoms with Gasteiger partial charge in [-0.2, -0.15) is 0 Å². The van der Waals surface area contributed by atoms with Gasteiger partial charge < -0.3 is 10.4 Å². The molecule has 0 radical (unpaired) electrons. The Kier molecular flexibility index (Phi) is 4.63. The quantitative estimate of drug-likeness (QED) is 0.840. The molecule has 0 fully saturated rings. The standard InChI is InChI=1S/C13H20N2O2/c1-13(2,3)12(17)15-11-10(7-5-9-16)6-4-8-14-11/h4,6,8,16H,5,7,9H2,1-3H3,(H,14,15,17). The minimum absolute atomic E-state index is 0.0542. The zero-order valence-corrected chi connectivity index (χ0v) is 10.7. The number of amides is 1. The van der Waals surface area contributed by atoms with Crippen LogP contribution in [0.25, 0.3) is 0 Å². The van der Waals surface area contributed by atoms with E-state index in [-0.39, 0.29) is 12.5 Å². The van der Waals surface area contributed by atoms with Gasteiger partial charge in [0.25, 0.3) is 0 Å². The maximum absolute atomic E-state index is 11.9. The van der Waals surface area contributed by atoms with Crippen molar-refractivity contribution in [2.75, 3.05) is 11.9 Å². The van der Waals surface area contributed by atoms with E-state index in [1.165, 1.54) is 0 Å². The van der Waals surface area contributed by atoms with Gasteiger partial charge in [-0.1, -0.05) is 26.8 Å². The van der Waals surface area contributed by atoms with Crippen LogP contribution in [-0.4, -0.2) is 22.6 Å². The number of carbonyl (C=O) groups is 1. The lowest BCUT2D eigenvalue weighted by atomic mass is 9.95. The fourth-order valence-electron chi connectivity index (χ4n) is 1.32. The third-order valence-electron chi connectivity index (χ3n) is 2.41. The summed E-state index contributed by atoms with van der Waals surface area (Å²) in [6, 6.07) is 3.75. The number of hydrogen-bond acceptors (Lipinski definition) is 3. The topological polar surface area (TPSA) is 62.2 Å². The predicted molar refractivity (Wildman–Crippen MR) is 67.7 cm³/mol. The summed E-state index contributed by atoms with van der Waals surface area (Å²) in [5.74, 6) is 0.544. The predicted octanol–water partition coefficient (Wildman–Crippen LogP) is 1.99. The Morgan fingerprint density at radius 1 is 1.47 bits per heavy atom. The molecule has 0 spiro atoms. The second-order valence-electron chi connectivity index (χ2n) is 5.04. The molecule has 1 heterocycles. The Balaban J connectivity index is 2.80. The normalized spacial score (nSPS) is 11.3. The SMILES string of the molecule is CC(C)(C)C(=O)Nc1ncccc1CCCO. The second-order valence-corrected chi connectivity index (χ2v) is 5.04. The van der Waals surface area contributed by atoms with Crippen molar-refractivity contribution in [3.05, 3.63) is 23.9 Å². The largest absolute Gasteiger partial charge is 0.396 e. The summed E-state index contributed by atoms with van der Waals surface area (Å²) in [6.45, 7) is 5.72. The van der Waals surface area contributed by atoms with Crippen molar-refractivity contribution in [3.63, 3.8) is 0 Å². The van der Waals surface area contributed by atoms with E-state index in [0.717, 1.165) is 5.56 Å². The molecule has 4 nitrogen and oxygen atoms in total. The molecular weight excluding hydrogens is 216 g/mol. The fourth-order valence-corrected chi connectivity index (χ4v) is 1.32. The fraction of sp³-hybridized carbons (Fsp3) is 0.538. The maximum Gasteiger partial charge on any atom is 0.230 e. The van der Waals surface area contributed by atoms with Crippen LogP contribution in [0.5, 0.6) is 0 Å². The Morgan fingerprint density at radius 3 is 2.76 bits per heavy atom. The number of hydrogen-bond donors (Lipinski definition) is 2. The molecule has 1 aromatic rings. The number of carbonyl (C=O) groups excluding carboxylic acids is 1. The molecule has 94 valence electrons. The molecule has 0 saturated heterocycles. The third kappa shape index (κ3) is 4.15. The summed E-state index contributed by atoms with van der Waals surface area (Å²) in [5, 5.41) is 11.6. The molecule has 17 heavy (non-hydrogen) atoms. The summed E-state index contributed by atoms with van der Waals surface area (Å²) < 4.78 is 0. The molecule has 0 saturated carbocycles. The van der Waals surface area contributed by atoms with Crippen LogP contribution >= 0.6 is 0 Å². The second kappa shape index (κ2) is 5.77. The first-order valence-corrected chi connectivity index (χ1v) is 5.81. The highest BCUT2D eigenvalue weighted by Gasteiger charge is 2.22. The van der Waals surface area contributed by atoms with E-state index >= 15 is 0 Å². The number of anilines is 1. The van der Waals surface area contributed by atoms with Gasteiger partial charge in [0.1, 0.15) is 5.82 Å². The number of aromatic nitrogens is 1. The number of rotatable bonds is 4. The van der Waals surface area contributed by atoms with Gasteiger partial charge in [-0.25, -0.2) is 4.98 Å². The van der Waals surface area contributed by atoms with Crippen molar-refractivity contribution >= 4 is 11.7 Å². The zero-order chi connectivity index (χ0) is 12.9. The molecule has 0 bridgehead atoms. The minimum Gasteiger partial charge on any atom is -0.396 e. The molecule has 0 aliphatic heterocycles. The van der Waals surface area contributed by atoms with E-state index in [1.807, 2.05) is 32.9 Å².